The lowest BCUT2D eigenvalue weighted by molar-refractivity contribution is 0.367. The van der Waals surface area contributed by atoms with E-state index in [1.807, 2.05) is 0 Å². The lowest BCUT2D eigenvalue weighted by atomic mass is 10.0. The molecule has 1 N–H and O–H groups in total. The highest BCUT2D eigenvalue weighted by molar-refractivity contribution is 14.1. The highest BCUT2D eigenvalue weighted by Gasteiger charge is 2.20. The zero-order valence-electron chi connectivity index (χ0n) is 6.02. The van der Waals surface area contributed by atoms with Gasteiger partial charge >= 0.3 is 0 Å². The molecule has 1 aliphatic rings. The molecule has 0 saturated carbocycles. The van der Waals surface area contributed by atoms with Crippen molar-refractivity contribution < 1.29 is 0 Å². The molecule has 0 aromatic rings. The average molecular weight is 239 g/mol. The summed E-state index contributed by atoms with van der Waals surface area (Å²) in [6, 6.07) is 1.46. The number of rotatable bonds is 0. The van der Waals surface area contributed by atoms with Crippen LogP contribution in [0.2, 0.25) is 0 Å². The van der Waals surface area contributed by atoms with Crippen molar-refractivity contribution in [3.63, 3.8) is 0 Å². The molecule has 1 fully saturated rings. The van der Waals surface area contributed by atoms with Gasteiger partial charge in [-0.1, -0.05) is 22.6 Å². The van der Waals surface area contributed by atoms with Crippen LogP contribution in [-0.2, 0) is 0 Å². The van der Waals surface area contributed by atoms with Crippen LogP contribution in [0, 0.1) is 0 Å². The Morgan fingerprint density at radius 1 is 1.22 bits per heavy atom. The van der Waals surface area contributed by atoms with Crippen molar-refractivity contribution in [2.45, 2.75) is 42.7 Å². The third-order valence-corrected chi connectivity index (χ3v) is 2.80. The summed E-state index contributed by atoms with van der Waals surface area (Å²) >= 11 is 2.55. The summed E-state index contributed by atoms with van der Waals surface area (Å²) in [6.07, 6.45) is 2.68. The van der Waals surface area contributed by atoms with Gasteiger partial charge in [-0.05, 0) is 26.7 Å². The van der Waals surface area contributed by atoms with Gasteiger partial charge in [0.25, 0.3) is 0 Å². The Morgan fingerprint density at radius 3 is 2.00 bits per heavy atom. The number of halogens is 1. The van der Waals surface area contributed by atoms with Crippen molar-refractivity contribution in [1.29, 1.82) is 0 Å². The number of piperidine rings is 1. The summed E-state index contributed by atoms with van der Waals surface area (Å²) in [4.78, 5) is 0. The maximum Gasteiger partial charge on any atom is 0.0139 e. The van der Waals surface area contributed by atoms with Crippen LogP contribution < -0.4 is 5.32 Å². The van der Waals surface area contributed by atoms with Gasteiger partial charge in [0, 0.05) is 16.0 Å². The van der Waals surface area contributed by atoms with Crippen LogP contribution in [0.3, 0.4) is 0 Å². The minimum Gasteiger partial charge on any atom is -0.312 e. The monoisotopic (exact) mass is 239 g/mol. The first kappa shape index (κ1) is 7.79. The third kappa shape index (κ3) is 2.42. The summed E-state index contributed by atoms with van der Waals surface area (Å²) in [7, 11) is 0. The molecule has 1 saturated heterocycles. The zero-order valence-corrected chi connectivity index (χ0v) is 8.18. The predicted molar refractivity (Wildman–Crippen MR) is 49.1 cm³/mol. The summed E-state index contributed by atoms with van der Waals surface area (Å²) in [5, 5.41) is 3.50. The van der Waals surface area contributed by atoms with Gasteiger partial charge in [0.05, 0.1) is 0 Å². The van der Waals surface area contributed by atoms with Crippen LogP contribution in [0.5, 0.6) is 0 Å². The van der Waals surface area contributed by atoms with Gasteiger partial charge in [-0.25, -0.2) is 0 Å². The third-order valence-electron chi connectivity index (χ3n) is 1.79. The maximum absolute atomic E-state index is 3.50. The second-order valence-corrected chi connectivity index (χ2v) is 4.80. The molecule has 2 heteroatoms. The smallest absolute Gasteiger partial charge is 0.0139 e. The second kappa shape index (κ2) is 3.19. The van der Waals surface area contributed by atoms with Gasteiger partial charge in [0.1, 0.15) is 0 Å². The Bertz CT molecular complexity index is 69.9. The highest BCUT2D eigenvalue weighted by Crippen LogP contribution is 2.20. The first-order valence-electron chi connectivity index (χ1n) is 3.58. The number of alkyl halides is 1. The molecule has 0 spiro atoms. The number of hydrogen-bond acceptors (Lipinski definition) is 1. The maximum atomic E-state index is 3.50. The van der Waals surface area contributed by atoms with E-state index in [0.29, 0.717) is 0 Å². The fraction of sp³-hybridized carbons (Fsp3) is 1.00. The number of nitrogens with one attached hydrogen (secondary N) is 1. The normalized spacial score (nSPS) is 45.0. The van der Waals surface area contributed by atoms with Crippen LogP contribution in [-0.4, -0.2) is 16.0 Å². The van der Waals surface area contributed by atoms with Gasteiger partial charge in [0.15, 0.2) is 0 Å². The summed E-state index contributed by atoms with van der Waals surface area (Å²) < 4.78 is 0.897. The molecule has 0 bridgehead atoms. The average Bonchev–Trinajstić information content (AvgIpc) is 1.59. The Kier molecular flexibility index (Phi) is 2.76. The first-order valence-corrected chi connectivity index (χ1v) is 4.83. The molecule has 54 valence electrons. The summed E-state index contributed by atoms with van der Waals surface area (Å²) in [6.45, 7) is 4.53. The lowest BCUT2D eigenvalue weighted by Gasteiger charge is -2.29. The standard InChI is InChI=1S/C7H14IN/c1-5-3-7(8)4-6(2)9-5/h5-7,9H,3-4H2,1-2H3. The van der Waals surface area contributed by atoms with Crippen molar-refractivity contribution in [1.82, 2.24) is 5.32 Å². The Balaban J connectivity index is 2.34. The van der Waals surface area contributed by atoms with Crippen LogP contribution in [0.15, 0.2) is 0 Å². The van der Waals surface area contributed by atoms with Crippen molar-refractivity contribution in [2.75, 3.05) is 0 Å². The fourth-order valence-electron chi connectivity index (χ4n) is 1.49. The molecule has 0 amide bonds. The molecule has 0 radical (unpaired) electrons. The van der Waals surface area contributed by atoms with Gasteiger partial charge in [-0.2, -0.15) is 0 Å². The summed E-state index contributed by atoms with van der Waals surface area (Å²) in [5.41, 5.74) is 0. The van der Waals surface area contributed by atoms with Gasteiger partial charge in [0.2, 0.25) is 0 Å². The second-order valence-electron chi connectivity index (χ2n) is 3.04. The summed E-state index contributed by atoms with van der Waals surface area (Å²) in [5.74, 6) is 0. The molecule has 0 aromatic heterocycles. The van der Waals surface area contributed by atoms with Crippen molar-refractivity contribution in [2.24, 2.45) is 0 Å². The SMILES string of the molecule is CC1CC(I)CC(C)N1. The lowest BCUT2D eigenvalue weighted by Crippen LogP contribution is -2.42. The molecular formula is C7H14IN. The minimum atomic E-state index is 0.732. The Morgan fingerprint density at radius 2 is 1.67 bits per heavy atom. The van der Waals surface area contributed by atoms with Gasteiger partial charge in [-0.15, -0.1) is 0 Å². The molecule has 0 aromatic carbocycles. The molecule has 2 atom stereocenters. The van der Waals surface area contributed by atoms with Crippen LogP contribution in [0.4, 0.5) is 0 Å². The first-order chi connectivity index (χ1) is 4.18. The Labute approximate surface area is 70.7 Å². The van der Waals surface area contributed by atoms with E-state index in [1.165, 1.54) is 12.8 Å². The van der Waals surface area contributed by atoms with E-state index < -0.39 is 0 Å². The minimum absolute atomic E-state index is 0.732. The van der Waals surface area contributed by atoms with Crippen LogP contribution in [0.1, 0.15) is 26.7 Å². The highest BCUT2D eigenvalue weighted by atomic mass is 127. The molecule has 1 rings (SSSR count). The molecule has 0 aliphatic carbocycles. The van der Waals surface area contributed by atoms with E-state index in [4.69, 9.17) is 0 Å². The molecule has 2 unspecified atom stereocenters. The van der Waals surface area contributed by atoms with Crippen LogP contribution >= 0.6 is 22.6 Å². The van der Waals surface area contributed by atoms with E-state index in [-0.39, 0.29) is 0 Å². The molecule has 1 heterocycles. The molecule has 1 aliphatic heterocycles. The topological polar surface area (TPSA) is 12.0 Å². The van der Waals surface area contributed by atoms with Crippen LogP contribution in [0.25, 0.3) is 0 Å². The van der Waals surface area contributed by atoms with E-state index in [2.05, 4.69) is 41.8 Å². The van der Waals surface area contributed by atoms with Crippen molar-refractivity contribution in [3.05, 3.63) is 0 Å². The van der Waals surface area contributed by atoms with E-state index in [9.17, 15) is 0 Å². The van der Waals surface area contributed by atoms with Gasteiger partial charge in [-0.3, -0.25) is 0 Å². The zero-order chi connectivity index (χ0) is 6.85. The predicted octanol–water partition coefficient (Wildman–Crippen LogP) is 1.95. The largest absolute Gasteiger partial charge is 0.312 e. The van der Waals surface area contributed by atoms with Gasteiger partial charge < -0.3 is 5.32 Å². The van der Waals surface area contributed by atoms with Crippen molar-refractivity contribution in [3.8, 4) is 0 Å². The number of hydrogen-bond donors (Lipinski definition) is 1. The van der Waals surface area contributed by atoms with Crippen molar-refractivity contribution >= 4 is 22.6 Å². The fourth-order valence-corrected chi connectivity index (χ4v) is 3.01. The molecule has 9 heavy (non-hydrogen) atoms. The van der Waals surface area contributed by atoms with E-state index in [1.54, 1.807) is 0 Å². The quantitative estimate of drug-likeness (QED) is 0.503. The molecular weight excluding hydrogens is 225 g/mol. The molecule has 1 nitrogen and oxygen atoms in total. The van der Waals surface area contributed by atoms with E-state index >= 15 is 0 Å². The Hall–Kier alpha value is 0.690. The van der Waals surface area contributed by atoms with E-state index in [0.717, 1.165) is 16.0 Å².